The highest BCUT2D eigenvalue weighted by Crippen LogP contribution is 2.36. The molecule has 3 aromatic carbocycles. The van der Waals surface area contributed by atoms with E-state index in [0.717, 1.165) is 15.8 Å². The fraction of sp³-hybridized carbons (Fsp3) is 0.323. The van der Waals surface area contributed by atoms with Crippen LogP contribution in [0.5, 0.6) is 5.75 Å². The Bertz CT molecular complexity index is 1580. The molecule has 0 bridgehead atoms. The second kappa shape index (κ2) is 13.0. The van der Waals surface area contributed by atoms with Gasteiger partial charge >= 0.3 is 0 Å². The van der Waals surface area contributed by atoms with E-state index in [2.05, 4.69) is 15.2 Å². The first-order valence-electron chi connectivity index (χ1n) is 13.7. The summed E-state index contributed by atoms with van der Waals surface area (Å²) in [5, 5.41) is 14.2. The van der Waals surface area contributed by atoms with Crippen molar-refractivity contribution in [1.29, 1.82) is 0 Å². The molecule has 4 aromatic rings. The first-order chi connectivity index (χ1) is 20.1. The van der Waals surface area contributed by atoms with E-state index in [1.807, 2.05) is 57.3 Å². The van der Waals surface area contributed by atoms with Crippen molar-refractivity contribution in [2.45, 2.75) is 32.5 Å². The molecule has 0 fully saturated rings. The molecule has 2 amide bonds. The predicted molar refractivity (Wildman–Crippen MR) is 168 cm³/mol. The van der Waals surface area contributed by atoms with Gasteiger partial charge in [-0.1, -0.05) is 54.4 Å². The number of fused-ring (bicyclic) bond motifs is 2. The highest BCUT2D eigenvalue weighted by atomic mass is 35.5. The van der Waals surface area contributed by atoms with E-state index in [9.17, 15) is 14.7 Å². The monoisotopic (exact) mass is 626 g/mol. The molecule has 0 radical (unpaired) electrons. The number of carbonyl (C=O) groups excluding carboxylic acids is 2. The van der Waals surface area contributed by atoms with Gasteiger partial charge in [0.2, 0.25) is 0 Å². The summed E-state index contributed by atoms with van der Waals surface area (Å²) in [5.41, 5.74) is 2.45. The van der Waals surface area contributed by atoms with Crippen LogP contribution in [0.1, 0.15) is 39.6 Å². The molecular formula is C31H32Cl2N4O4S. The first kappa shape index (κ1) is 30.3. The number of carbonyl (C=O) groups is 2. The lowest BCUT2D eigenvalue weighted by Gasteiger charge is -2.38. The standard InChI is InChI=1S/C31H32Cl2N4O4S/c1-18-14-37(19(2)17-38)31(40)21-7-6-9-25(34-29(39)30-35-24-8-4-5-10-27(24)42-30)28(21)41-26(18)16-36(3)15-20-11-12-22(32)23(33)13-20/h4-13,18-19,26,38H,14-17H2,1-3H3,(H,34,39)/t18-,19+,26+/m0/s1. The number of amides is 2. The number of anilines is 1. The smallest absolute Gasteiger partial charge is 0.284 e. The molecule has 11 heteroatoms. The van der Waals surface area contributed by atoms with Gasteiger partial charge in [0.15, 0.2) is 10.8 Å². The van der Waals surface area contributed by atoms with Crippen LogP contribution in [-0.2, 0) is 6.54 Å². The van der Waals surface area contributed by atoms with Gasteiger partial charge in [-0.15, -0.1) is 11.3 Å². The Morgan fingerprint density at radius 2 is 1.98 bits per heavy atom. The number of aliphatic hydroxyl groups excluding tert-OH is 1. The van der Waals surface area contributed by atoms with E-state index in [1.54, 1.807) is 29.2 Å². The second-order valence-corrected chi connectivity index (χ2v) is 12.5. The third-order valence-corrected chi connectivity index (χ3v) is 9.13. The van der Waals surface area contributed by atoms with E-state index < -0.39 is 6.04 Å². The molecule has 1 aromatic heterocycles. The molecule has 42 heavy (non-hydrogen) atoms. The molecule has 1 aliphatic rings. The number of aromatic nitrogens is 1. The van der Waals surface area contributed by atoms with Gasteiger partial charge in [0.05, 0.1) is 44.2 Å². The number of thiazole rings is 1. The SMILES string of the molecule is C[C@H](CO)N1C[C@H](C)[C@@H](CN(C)Cc2ccc(Cl)c(Cl)c2)Oc2c(NC(=O)c3nc4ccccc4s3)cccc2C1=O. The van der Waals surface area contributed by atoms with Gasteiger partial charge in [0.25, 0.3) is 11.8 Å². The van der Waals surface area contributed by atoms with Gasteiger partial charge in [-0.05, 0) is 55.9 Å². The Labute approximate surface area is 258 Å². The largest absolute Gasteiger partial charge is 0.486 e. The summed E-state index contributed by atoms with van der Waals surface area (Å²) in [6.07, 6.45) is -0.349. The van der Waals surface area contributed by atoms with Gasteiger partial charge in [-0.2, -0.15) is 0 Å². The Hall–Kier alpha value is -3.21. The Kier molecular flexibility index (Phi) is 9.35. The maximum absolute atomic E-state index is 13.8. The van der Waals surface area contributed by atoms with Crippen LogP contribution in [0.15, 0.2) is 60.7 Å². The quantitative estimate of drug-likeness (QED) is 0.241. The average molecular weight is 628 g/mol. The predicted octanol–water partition coefficient (Wildman–Crippen LogP) is 6.21. The molecule has 8 nitrogen and oxygen atoms in total. The van der Waals surface area contributed by atoms with Gasteiger partial charge < -0.3 is 20.1 Å². The van der Waals surface area contributed by atoms with Gasteiger partial charge in [0, 0.05) is 25.6 Å². The number of rotatable bonds is 8. The van der Waals surface area contributed by atoms with Crippen LogP contribution in [0.25, 0.3) is 10.2 Å². The summed E-state index contributed by atoms with van der Waals surface area (Å²) in [5.74, 6) is -0.450. The molecule has 0 unspecified atom stereocenters. The van der Waals surface area contributed by atoms with E-state index in [4.69, 9.17) is 27.9 Å². The summed E-state index contributed by atoms with van der Waals surface area (Å²) >= 11 is 13.6. The first-order valence-corrected chi connectivity index (χ1v) is 15.2. The third kappa shape index (κ3) is 6.55. The zero-order valence-corrected chi connectivity index (χ0v) is 25.8. The summed E-state index contributed by atoms with van der Waals surface area (Å²) in [6, 6.07) is 17.8. The third-order valence-electron chi connectivity index (χ3n) is 7.36. The summed E-state index contributed by atoms with van der Waals surface area (Å²) in [7, 11) is 1.98. The van der Waals surface area contributed by atoms with Crippen LogP contribution < -0.4 is 10.1 Å². The lowest BCUT2D eigenvalue weighted by molar-refractivity contribution is 0.0343. The highest BCUT2D eigenvalue weighted by molar-refractivity contribution is 7.20. The topological polar surface area (TPSA) is 95.0 Å². The number of likely N-dealkylation sites (N-methyl/N-ethyl adjacent to an activating group) is 1. The number of hydrogen-bond donors (Lipinski definition) is 2. The van der Waals surface area contributed by atoms with Crippen LogP contribution in [0.2, 0.25) is 10.0 Å². The number of benzene rings is 3. The lowest BCUT2D eigenvalue weighted by atomic mass is 9.98. The number of nitrogens with one attached hydrogen (secondary N) is 1. The minimum atomic E-state index is -0.401. The van der Waals surface area contributed by atoms with Crippen molar-refractivity contribution in [2.24, 2.45) is 5.92 Å². The Balaban J connectivity index is 1.46. The average Bonchev–Trinajstić information content (AvgIpc) is 3.41. The maximum atomic E-state index is 13.8. The van der Waals surface area contributed by atoms with Crippen molar-refractivity contribution in [3.63, 3.8) is 0 Å². The molecule has 0 saturated carbocycles. The fourth-order valence-corrected chi connectivity index (χ4v) is 6.21. The minimum absolute atomic E-state index is 0.0969. The molecule has 0 aliphatic carbocycles. The number of hydrogen-bond acceptors (Lipinski definition) is 7. The Morgan fingerprint density at radius 1 is 1.19 bits per heavy atom. The summed E-state index contributed by atoms with van der Waals surface area (Å²) in [4.78, 5) is 35.4. The maximum Gasteiger partial charge on any atom is 0.284 e. The molecule has 2 heterocycles. The minimum Gasteiger partial charge on any atom is -0.486 e. The van der Waals surface area contributed by atoms with Crippen LogP contribution >= 0.6 is 34.5 Å². The molecule has 5 rings (SSSR count). The fourth-order valence-electron chi connectivity index (χ4n) is 5.03. The molecule has 0 saturated heterocycles. The molecule has 2 N–H and O–H groups in total. The van der Waals surface area contributed by atoms with E-state index >= 15 is 0 Å². The van der Waals surface area contributed by atoms with Crippen molar-refractivity contribution in [3.05, 3.63) is 86.8 Å². The van der Waals surface area contributed by atoms with E-state index in [0.29, 0.717) is 51.7 Å². The summed E-state index contributed by atoms with van der Waals surface area (Å²) in [6.45, 7) is 5.18. The normalized spacial score (nSPS) is 17.9. The molecule has 220 valence electrons. The van der Waals surface area contributed by atoms with E-state index in [1.165, 1.54) is 11.3 Å². The van der Waals surface area contributed by atoms with Crippen molar-refractivity contribution in [2.75, 3.05) is 32.1 Å². The van der Waals surface area contributed by atoms with Crippen molar-refractivity contribution in [3.8, 4) is 5.75 Å². The molecular weight excluding hydrogens is 595 g/mol. The van der Waals surface area contributed by atoms with Gasteiger partial charge in [0.1, 0.15) is 6.10 Å². The van der Waals surface area contributed by atoms with Gasteiger partial charge in [-0.3, -0.25) is 14.5 Å². The number of ether oxygens (including phenoxy) is 1. The highest BCUT2D eigenvalue weighted by Gasteiger charge is 2.34. The van der Waals surface area contributed by atoms with Crippen LogP contribution in [0.4, 0.5) is 5.69 Å². The molecule has 1 aliphatic heterocycles. The number of para-hydroxylation sites is 2. The number of nitrogens with zero attached hydrogens (tertiary/aromatic N) is 3. The Morgan fingerprint density at radius 3 is 2.71 bits per heavy atom. The van der Waals surface area contributed by atoms with Crippen LogP contribution in [0, 0.1) is 5.92 Å². The zero-order chi connectivity index (χ0) is 30.0. The summed E-state index contributed by atoms with van der Waals surface area (Å²) < 4.78 is 7.54. The zero-order valence-electron chi connectivity index (χ0n) is 23.5. The van der Waals surface area contributed by atoms with Gasteiger partial charge in [-0.25, -0.2) is 4.98 Å². The van der Waals surface area contributed by atoms with Crippen LogP contribution in [-0.4, -0.2) is 70.6 Å². The molecule has 3 atom stereocenters. The number of halogens is 2. The number of aliphatic hydroxyl groups is 1. The van der Waals surface area contributed by atoms with Crippen molar-refractivity contribution < 1.29 is 19.4 Å². The van der Waals surface area contributed by atoms with Crippen molar-refractivity contribution >= 4 is 62.3 Å². The lowest BCUT2D eigenvalue weighted by Crippen LogP contribution is -2.49. The molecule has 0 spiro atoms. The van der Waals surface area contributed by atoms with Crippen LogP contribution in [0.3, 0.4) is 0 Å². The van der Waals surface area contributed by atoms with Crippen molar-refractivity contribution in [1.82, 2.24) is 14.8 Å². The second-order valence-electron chi connectivity index (χ2n) is 10.7. The van der Waals surface area contributed by atoms with E-state index in [-0.39, 0.29) is 30.4 Å².